The van der Waals surface area contributed by atoms with Gasteiger partial charge in [0.2, 0.25) is 0 Å². The van der Waals surface area contributed by atoms with Gasteiger partial charge in [-0.2, -0.15) is 0 Å². The zero-order valence-corrected chi connectivity index (χ0v) is 21.1. The smallest absolute Gasteiger partial charge is 0.338 e. The Labute approximate surface area is 210 Å². The lowest BCUT2D eigenvalue weighted by molar-refractivity contribution is -0.139. The third-order valence-corrected chi connectivity index (χ3v) is 6.82. The topological polar surface area (TPSA) is 69.9 Å². The minimum atomic E-state index is -0.749. The average molecular weight is 517 g/mol. The Bertz CT molecular complexity index is 1470. The van der Waals surface area contributed by atoms with Crippen LogP contribution in [0.5, 0.6) is 5.75 Å². The van der Waals surface area contributed by atoms with Gasteiger partial charge < -0.3 is 9.47 Å². The molecule has 0 amide bonds. The van der Waals surface area contributed by atoms with Crippen LogP contribution in [0, 0.1) is 0 Å². The van der Waals surface area contributed by atoms with Crippen molar-refractivity contribution in [1.29, 1.82) is 0 Å². The molecule has 0 saturated heterocycles. The summed E-state index contributed by atoms with van der Waals surface area (Å²) in [5, 5.41) is 0.936. The molecule has 1 atom stereocenters. The van der Waals surface area contributed by atoms with Gasteiger partial charge in [0.1, 0.15) is 11.8 Å². The van der Waals surface area contributed by atoms with Crippen LogP contribution in [0.15, 0.2) is 63.5 Å². The summed E-state index contributed by atoms with van der Waals surface area (Å²) in [6.45, 7) is 6.00. The predicted octanol–water partition coefficient (Wildman–Crippen LogP) is 4.50. The minimum absolute atomic E-state index is 0.203. The molecular weight excluding hydrogens is 495 g/mol. The number of allylic oxidation sites excluding steroid dienone is 1. The van der Waals surface area contributed by atoms with Gasteiger partial charge in [-0.3, -0.25) is 9.36 Å². The maximum Gasteiger partial charge on any atom is 0.338 e. The molecule has 1 aliphatic rings. The van der Waals surface area contributed by atoms with E-state index in [0.29, 0.717) is 54.1 Å². The van der Waals surface area contributed by atoms with Crippen molar-refractivity contribution in [2.75, 3.05) is 13.2 Å². The highest BCUT2D eigenvalue weighted by atomic mass is 35.5. The lowest BCUT2D eigenvalue weighted by atomic mass is 9.95. The number of ether oxygens (including phenoxy) is 2. The highest BCUT2D eigenvalue weighted by Crippen LogP contribution is 2.35. The van der Waals surface area contributed by atoms with Gasteiger partial charge >= 0.3 is 5.97 Å². The fourth-order valence-electron chi connectivity index (χ4n) is 3.84. The molecule has 3 aromatic rings. The SMILES string of the molecule is CCOC(=O)C1=C(C)N=c2s/c(=C\c3ccc(Cl)cc3Cl)c(=O)n2[C@@H]1c1ccccc1OCC. The van der Waals surface area contributed by atoms with E-state index < -0.39 is 12.0 Å². The minimum Gasteiger partial charge on any atom is -0.494 e. The van der Waals surface area contributed by atoms with Gasteiger partial charge in [-0.1, -0.05) is 58.8 Å². The van der Waals surface area contributed by atoms with Crippen LogP contribution in [0.2, 0.25) is 10.0 Å². The van der Waals surface area contributed by atoms with Gasteiger partial charge in [-0.05, 0) is 50.6 Å². The average Bonchev–Trinajstić information content (AvgIpc) is 3.10. The van der Waals surface area contributed by atoms with Crippen molar-refractivity contribution in [2.24, 2.45) is 4.99 Å². The standard InChI is InChI=1S/C25H22Cl2N2O4S/c1-4-32-19-9-7-6-8-17(19)22-21(24(31)33-5-2)14(3)28-25-29(22)23(30)20(34-25)12-15-10-11-16(26)13-18(15)27/h6-13,22H,4-5H2,1-3H3/b20-12-/t22-/m1/s1. The van der Waals surface area contributed by atoms with Crippen molar-refractivity contribution in [3.63, 3.8) is 0 Å². The van der Waals surface area contributed by atoms with Crippen molar-refractivity contribution in [1.82, 2.24) is 4.57 Å². The second kappa shape index (κ2) is 10.2. The van der Waals surface area contributed by atoms with Gasteiger partial charge in [-0.15, -0.1) is 0 Å². The van der Waals surface area contributed by atoms with Crippen LogP contribution in [0.25, 0.3) is 6.08 Å². The highest BCUT2D eigenvalue weighted by molar-refractivity contribution is 7.07. The van der Waals surface area contributed by atoms with Crippen LogP contribution in [0.3, 0.4) is 0 Å². The Kier molecular flexibility index (Phi) is 7.26. The van der Waals surface area contributed by atoms with Crippen molar-refractivity contribution in [3.05, 3.63) is 94.6 Å². The van der Waals surface area contributed by atoms with Gasteiger partial charge in [0.15, 0.2) is 4.80 Å². The second-order valence-electron chi connectivity index (χ2n) is 7.44. The Hall–Kier alpha value is -2.87. The Balaban J connectivity index is 1.99. The first-order valence-corrected chi connectivity index (χ1v) is 12.3. The maximum atomic E-state index is 13.7. The van der Waals surface area contributed by atoms with E-state index in [1.54, 1.807) is 38.1 Å². The number of rotatable bonds is 6. The van der Waals surface area contributed by atoms with Crippen molar-refractivity contribution < 1.29 is 14.3 Å². The molecule has 0 radical (unpaired) electrons. The molecule has 0 saturated carbocycles. The Morgan fingerprint density at radius 1 is 1.18 bits per heavy atom. The monoisotopic (exact) mass is 516 g/mol. The fraction of sp³-hybridized carbons (Fsp3) is 0.240. The van der Waals surface area contributed by atoms with Gasteiger partial charge in [0.05, 0.1) is 29.0 Å². The van der Waals surface area contributed by atoms with E-state index in [0.717, 1.165) is 0 Å². The van der Waals surface area contributed by atoms with E-state index in [-0.39, 0.29) is 12.2 Å². The largest absolute Gasteiger partial charge is 0.494 e. The summed E-state index contributed by atoms with van der Waals surface area (Å²) in [6.07, 6.45) is 1.71. The molecule has 0 aliphatic carbocycles. The van der Waals surface area contributed by atoms with Crippen molar-refractivity contribution in [3.8, 4) is 5.75 Å². The molecule has 34 heavy (non-hydrogen) atoms. The third-order valence-electron chi connectivity index (χ3n) is 5.28. The van der Waals surface area contributed by atoms with E-state index in [1.807, 2.05) is 31.2 Å². The number of carbonyl (C=O) groups is 1. The second-order valence-corrected chi connectivity index (χ2v) is 9.29. The van der Waals surface area contributed by atoms with Crippen LogP contribution in [0.4, 0.5) is 0 Å². The Morgan fingerprint density at radius 3 is 2.65 bits per heavy atom. The number of benzene rings is 2. The molecule has 9 heteroatoms. The first-order chi connectivity index (χ1) is 16.3. The van der Waals surface area contributed by atoms with Gasteiger partial charge in [0, 0.05) is 15.6 Å². The summed E-state index contributed by atoms with van der Waals surface area (Å²) < 4.78 is 13.1. The third kappa shape index (κ3) is 4.56. The molecule has 0 spiro atoms. The number of para-hydroxylation sites is 1. The summed E-state index contributed by atoms with van der Waals surface area (Å²) in [6, 6.07) is 11.7. The number of hydrogen-bond donors (Lipinski definition) is 0. The number of hydrogen-bond acceptors (Lipinski definition) is 6. The molecule has 0 unspecified atom stereocenters. The molecule has 0 fully saturated rings. The van der Waals surface area contributed by atoms with Crippen LogP contribution < -0.4 is 19.6 Å². The maximum absolute atomic E-state index is 13.7. The van der Waals surface area contributed by atoms with Gasteiger partial charge in [-0.25, -0.2) is 9.79 Å². The van der Waals surface area contributed by atoms with Crippen LogP contribution in [-0.2, 0) is 9.53 Å². The van der Waals surface area contributed by atoms with Gasteiger partial charge in [0.25, 0.3) is 5.56 Å². The van der Waals surface area contributed by atoms with E-state index in [2.05, 4.69) is 4.99 Å². The molecule has 1 aliphatic heterocycles. The summed E-state index contributed by atoms with van der Waals surface area (Å²) >= 11 is 13.6. The molecule has 1 aromatic heterocycles. The number of fused-ring (bicyclic) bond motifs is 1. The zero-order chi connectivity index (χ0) is 24.4. The molecule has 6 nitrogen and oxygen atoms in total. The number of carbonyl (C=O) groups excluding carboxylic acids is 1. The number of thiazole rings is 1. The van der Waals surface area contributed by atoms with E-state index in [9.17, 15) is 9.59 Å². The van der Waals surface area contributed by atoms with E-state index in [1.165, 1.54) is 15.9 Å². The summed E-state index contributed by atoms with van der Waals surface area (Å²) in [5.74, 6) is 0.0666. The molecule has 2 aromatic carbocycles. The number of nitrogens with zero attached hydrogens (tertiary/aromatic N) is 2. The van der Waals surface area contributed by atoms with Crippen LogP contribution in [-0.4, -0.2) is 23.8 Å². The highest BCUT2D eigenvalue weighted by Gasteiger charge is 2.35. The molecule has 2 heterocycles. The summed E-state index contributed by atoms with van der Waals surface area (Å²) in [5.41, 5.74) is 1.84. The lowest BCUT2D eigenvalue weighted by Gasteiger charge is -2.26. The van der Waals surface area contributed by atoms with Crippen molar-refractivity contribution in [2.45, 2.75) is 26.8 Å². The first kappa shape index (κ1) is 24.3. The molecule has 176 valence electrons. The summed E-state index contributed by atoms with van der Waals surface area (Å²) in [7, 11) is 0. The lowest BCUT2D eigenvalue weighted by Crippen LogP contribution is -2.40. The van der Waals surface area contributed by atoms with Crippen LogP contribution >= 0.6 is 34.5 Å². The predicted molar refractivity (Wildman–Crippen MR) is 134 cm³/mol. The number of aromatic nitrogens is 1. The number of halogens is 2. The zero-order valence-electron chi connectivity index (χ0n) is 18.8. The van der Waals surface area contributed by atoms with Crippen molar-refractivity contribution >= 4 is 46.6 Å². The number of esters is 1. The van der Waals surface area contributed by atoms with E-state index in [4.69, 9.17) is 32.7 Å². The quantitative estimate of drug-likeness (QED) is 0.452. The molecule has 0 N–H and O–H groups in total. The van der Waals surface area contributed by atoms with E-state index >= 15 is 0 Å². The van der Waals surface area contributed by atoms with Crippen LogP contribution in [0.1, 0.15) is 37.9 Å². The Morgan fingerprint density at radius 2 is 1.94 bits per heavy atom. The normalized spacial score (nSPS) is 15.7. The molecule has 0 bridgehead atoms. The molecular formula is C25H22Cl2N2O4S. The first-order valence-electron chi connectivity index (χ1n) is 10.7. The molecule has 4 rings (SSSR count). The fourth-order valence-corrected chi connectivity index (χ4v) is 5.34. The summed E-state index contributed by atoms with van der Waals surface area (Å²) in [4.78, 5) is 31.8.